The first-order valence-corrected chi connectivity index (χ1v) is 10.7. The summed E-state index contributed by atoms with van der Waals surface area (Å²) in [6.07, 6.45) is -3.35. The first-order valence-electron chi connectivity index (χ1n) is 10.7. The molecule has 0 bridgehead atoms. The van der Waals surface area contributed by atoms with Crippen molar-refractivity contribution in [3.8, 4) is 34.7 Å². The number of aromatic nitrogens is 3. The van der Waals surface area contributed by atoms with E-state index in [1.165, 1.54) is 35.3 Å². The molecular formula is C25H22F3N3O5. The van der Waals surface area contributed by atoms with Crippen LogP contribution in [0.4, 0.5) is 13.2 Å². The number of nitrogens with zero attached hydrogens (tertiary/aromatic N) is 3. The Balaban J connectivity index is 1.61. The van der Waals surface area contributed by atoms with Gasteiger partial charge < -0.3 is 14.2 Å². The fraction of sp³-hybridized carbons (Fsp3) is 0.280. The number of rotatable bonds is 7. The number of carbonyl (C=O) groups is 2. The van der Waals surface area contributed by atoms with E-state index >= 15 is 0 Å². The summed E-state index contributed by atoms with van der Waals surface area (Å²) in [6, 6.07) is 12.1. The highest BCUT2D eigenvalue weighted by Crippen LogP contribution is 2.24. The van der Waals surface area contributed by atoms with Crippen molar-refractivity contribution < 1.29 is 37.0 Å². The van der Waals surface area contributed by atoms with Gasteiger partial charge >= 0.3 is 18.3 Å². The molecule has 0 unspecified atom stereocenters. The molecule has 1 aromatic heterocycles. The Labute approximate surface area is 205 Å². The predicted molar refractivity (Wildman–Crippen MR) is 122 cm³/mol. The summed E-state index contributed by atoms with van der Waals surface area (Å²) in [5.74, 6) is 3.70. The first-order chi connectivity index (χ1) is 16.9. The lowest BCUT2D eigenvalue weighted by molar-refractivity contribution is -0.274. The highest BCUT2D eigenvalue weighted by atomic mass is 19.4. The molecule has 0 saturated carbocycles. The van der Waals surface area contributed by atoms with Crippen molar-refractivity contribution >= 4 is 11.9 Å². The molecule has 0 N–H and O–H groups in total. The summed E-state index contributed by atoms with van der Waals surface area (Å²) in [5.41, 5.74) is 0.676. The van der Waals surface area contributed by atoms with Crippen LogP contribution < -0.4 is 4.74 Å². The van der Waals surface area contributed by atoms with Crippen molar-refractivity contribution in [1.82, 2.24) is 14.8 Å². The van der Waals surface area contributed by atoms with Gasteiger partial charge in [0, 0.05) is 11.5 Å². The van der Waals surface area contributed by atoms with Crippen LogP contribution in [0.15, 0.2) is 54.9 Å². The van der Waals surface area contributed by atoms with E-state index in [9.17, 15) is 22.8 Å². The van der Waals surface area contributed by atoms with E-state index in [4.69, 9.17) is 9.47 Å². The molecule has 3 aromatic rings. The van der Waals surface area contributed by atoms with Crippen LogP contribution in [0.2, 0.25) is 0 Å². The first kappa shape index (κ1) is 26.3. The van der Waals surface area contributed by atoms with Gasteiger partial charge in [0.15, 0.2) is 11.4 Å². The summed E-state index contributed by atoms with van der Waals surface area (Å²) in [7, 11) is 0. The van der Waals surface area contributed by atoms with Crippen LogP contribution in [0, 0.1) is 11.8 Å². The predicted octanol–water partition coefficient (Wildman–Crippen LogP) is 4.26. The normalized spacial score (nSPS) is 11.3. The van der Waals surface area contributed by atoms with Gasteiger partial charge in [-0.1, -0.05) is 24.3 Å². The van der Waals surface area contributed by atoms with E-state index < -0.39 is 23.9 Å². The number of alkyl halides is 3. The van der Waals surface area contributed by atoms with Crippen molar-refractivity contribution in [1.29, 1.82) is 0 Å². The van der Waals surface area contributed by atoms with Crippen LogP contribution in [0.25, 0.3) is 17.1 Å². The second kappa shape index (κ2) is 10.9. The molecule has 2 aromatic carbocycles. The highest BCUT2D eigenvalue weighted by molar-refractivity contribution is 5.88. The Morgan fingerprint density at radius 2 is 1.69 bits per heavy atom. The lowest BCUT2D eigenvalue weighted by atomic mass is 10.1. The van der Waals surface area contributed by atoms with E-state index in [1.54, 1.807) is 45.0 Å². The van der Waals surface area contributed by atoms with Crippen LogP contribution in [0.3, 0.4) is 0 Å². The second-order valence-electron chi connectivity index (χ2n) is 7.88. The molecule has 0 aliphatic rings. The van der Waals surface area contributed by atoms with Crippen molar-refractivity contribution in [2.24, 2.45) is 0 Å². The van der Waals surface area contributed by atoms with Crippen LogP contribution in [0.1, 0.15) is 26.3 Å². The Hall–Kier alpha value is -4.33. The number of hydrogen-bond acceptors (Lipinski definition) is 7. The van der Waals surface area contributed by atoms with E-state index in [0.29, 0.717) is 22.6 Å². The minimum Gasteiger partial charge on any atom is -0.456 e. The molecule has 11 heteroatoms. The quantitative estimate of drug-likeness (QED) is 0.271. The monoisotopic (exact) mass is 501 g/mol. The molecule has 3 rings (SSSR count). The number of hydrogen-bond donors (Lipinski definition) is 0. The topological polar surface area (TPSA) is 92.5 Å². The molecule has 0 atom stereocenters. The number of benzene rings is 2. The fourth-order valence-corrected chi connectivity index (χ4v) is 2.97. The van der Waals surface area contributed by atoms with Gasteiger partial charge in [-0.3, -0.25) is 4.79 Å². The third-order valence-corrected chi connectivity index (χ3v) is 4.50. The van der Waals surface area contributed by atoms with Crippen LogP contribution >= 0.6 is 0 Å². The fourth-order valence-electron chi connectivity index (χ4n) is 2.97. The number of halogens is 3. The summed E-state index contributed by atoms with van der Waals surface area (Å²) >= 11 is 0. The second-order valence-corrected chi connectivity index (χ2v) is 7.88. The average molecular weight is 501 g/mol. The molecule has 0 aliphatic carbocycles. The molecule has 0 fully saturated rings. The molecule has 0 aliphatic heterocycles. The lowest BCUT2D eigenvalue weighted by Gasteiger charge is -2.18. The van der Waals surface area contributed by atoms with Crippen molar-refractivity contribution in [3.63, 3.8) is 0 Å². The zero-order valence-corrected chi connectivity index (χ0v) is 19.6. The largest absolute Gasteiger partial charge is 0.573 e. The van der Waals surface area contributed by atoms with E-state index in [-0.39, 0.29) is 18.8 Å². The average Bonchev–Trinajstić information content (AvgIpc) is 3.28. The third kappa shape index (κ3) is 7.87. The Morgan fingerprint density at radius 1 is 1.03 bits per heavy atom. The standard InChI is InChI=1S/C25H22F3N3O5/c1-4-34-21(32)13-14-24(2,3)36-22(33)15-17-5-7-18(8-6-17)23-29-16-31(30-23)19-9-11-20(12-10-19)35-25(26,27)28/h5-12,16H,4,15H2,1-3H3. The number of carbonyl (C=O) groups excluding carboxylic acids is 2. The third-order valence-electron chi connectivity index (χ3n) is 4.50. The van der Waals surface area contributed by atoms with Gasteiger partial charge in [-0.05, 0) is 56.5 Å². The van der Waals surface area contributed by atoms with E-state index in [1.807, 2.05) is 0 Å². The lowest BCUT2D eigenvalue weighted by Crippen LogP contribution is -2.27. The van der Waals surface area contributed by atoms with Gasteiger partial charge in [0.05, 0.1) is 18.7 Å². The van der Waals surface area contributed by atoms with E-state index in [2.05, 4.69) is 26.7 Å². The Bertz CT molecular complexity index is 1270. The molecule has 1 heterocycles. The molecule has 0 saturated heterocycles. The summed E-state index contributed by atoms with van der Waals surface area (Å²) in [6.45, 7) is 5.00. The van der Waals surface area contributed by atoms with Crippen LogP contribution in [-0.4, -0.2) is 45.3 Å². The van der Waals surface area contributed by atoms with Crippen LogP contribution in [0.5, 0.6) is 5.75 Å². The van der Waals surface area contributed by atoms with Gasteiger partial charge in [0.2, 0.25) is 0 Å². The van der Waals surface area contributed by atoms with Gasteiger partial charge in [-0.15, -0.1) is 18.3 Å². The van der Waals surface area contributed by atoms with Gasteiger partial charge in [0.1, 0.15) is 12.1 Å². The maximum atomic E-state index is 12.3. The van der Waals surface area contributed by atoms with Crippen LogP contribution in [-0.2, 0) is 25.5 Å². The van der Waals surface area contributed by atoms with Crippen molar-refractivity contribution in [3.05, 3.63) is 60.4 Å². The number of ether oxygens (including phenoxy) is 3. The number of esters is 2. The SMILES string of the molecule is CCOC(=O)C#CC(C)(C)OC(=O)Cc1ccc(-c2ncn(-c3ccc(OC(F)(F)F)cc3)n2)cc1. The molecule has 8 nitrogen and oxygen atoms in total. The maximum absolute atomic E-state index is 12.3. The minimum atomic E-state index is -4.76. The molecular weight excluding hydrogens is 479 g/mol. The van der Waals surface area contributed by atoms with Gasteiger partial charge in [0.25, 0.3) is 0 Å². The molecule has 36 heavy (non-hydrogen) atoms. The zero-order valence-electron chi connectivity index (χ0n) is 19.6. The summed E-state index contributed by atoms with van der Waals surface area (Å²) < 4.78 is 52.3. The molecule has 0 spiro atoms. The van der Waals surface area contributed by atoms with Crippen molar-refractivity contribution in [2.75, 3.05) is 6.61 Å². The maximum Gasteiger partial charge on any atom is 0.573 e. The smallest absolute Gasteiger partial charge is 0.456 e. The summed E-state index contributed by atoms with van der Waals surface area (Å²) in [5, 5.41) is 4.34. The van der Waals surface area contributed by atoms with Gasteiger partial charge in [-0.2, -0.15) is 0 Å². The van der Waals surface area contributed by atoms with Crippen molar-refractivity contribution in [2.45, 2.75) is 39.2 Å². The molecule has 0 radical (unpaired) electrons. The Morgan fingerprint density at radius 3 is 2.31 bits per heavy atom. The molecule has 188 valence electrons. The zero-order chi connectivity index (χ0) is 26.3. The van der Waals surface area contributed by atoms with Gasteiger partial charge in [-0.25, -0.2) is 14.5 Å². The van der Waals surface area contributed by atoms with E-state index in [0.717, 1.165) is 0 Å². The Kier molecular flexibility index (Phi) is 7.99. The summed E-state index contributed by atoms with van der Waals surface area (Å²) in [4.78, 5) is 27.9. The highest BCUT2D eigenvalue weighted by Gasteiger charge is 2.31. The molecule has 0 amide bonds. The minimum absolute atomic E-state index is 0.0149.